The van der Waals surface area contributed by atoms with Crippen LogP contribution < -0.4 is 10.6 Å². The van der Waals surface area contributed by atoms with Gasteiger partial charge in [0.05, 0.1) is 22.9 Å². The number of halogens is 2. The van der Waals surface area contributed by atoms with Gasteiger partial charge in [0.2, 0.25) is 0 Å². The van der Waals surface area contributed by atoms with Gasteiger partial charge < -0.3 is 5.32 Å². The molecule has 0 aliphatic carbocycles. The Morgan fingerprint density at radius 3 is 2.62 bits per heavy atom. The van der Waals surface area contributed by atoms with E-state index in [1.54, 1.807) is 18.5 Å². The molecule has 124 valence electrons. The number of benzene rings is 1. The molecule has 2 heterocycles. The van der Waals surface area contributed by atoms with E-state index in [0.717, 1.165) is 20.1 Å². The highest BCUT2D eigenvalue weighted by atomic mass is 127. The van der Waals surface area contributed by atoms with Crippen molar-refractivity contribution >= 4 is 47.4 Å². The first-order valence-electron chi connectivity index (χ1n) is 7.44. The lowest BCUT2D eigenvalue weighted by Crippen LogP contribution is -2.40. The van der Waals surface area contributed by atoms with Crippen LogP contribution in [0.15, 0.2) is 36.7 Å². The third-order valence-corrected chi connectivity index (χ3v) is 5.98. The molecule has 2 aromatic heterocycles. The van der Waals surface area contributed by atoms with E-state index in [4.69, 9.17) is 0 Å². The summed E-state index contributed by atoms with van der Waals surface area (Å²) in [5, 5.41) is 15.5. The maximum atomic E-state index is 14.2. The number of hydrogen-bond acceptors (Lipinski definition) is 4. The van der Waals surface area contributed by atoms with Gasteiger partial charge in [0, 0.05) is 15.3 Å². The molecule has 0 amide bonds. The van der Waals surface area contributed by atoms with Crippen molar-refractivity contribution < 1.29 is 4.39 Å². The number of rotatable bonds is 4. The van der Waals surface area contributed by atoms with Gasteiger partial charge in [-0.05, 0) is 46.9 Å². The van der Waals surface area contributed by atoms with Crippen LogP contribution in [-0.4, -0.2) is 28.5 Å². The summed E-state index contributed by atoms with van der Waals surface area (Å²) in [6.45, 7) is 6.63. The molecular weight excluding hydrogens is 436 g/mol. The Kier molecular flexibility index (Phi) is 4.68. The number of aromatic amines is 1. The summed E-state index contributed by atoms with van der Waals surface area (Å²) in [6, 6.07) is 6.93. The van der Waals surface area contributed by atoms with E-state index in [1.165, 1.54) is 6.07 Å². The molecule has 0 atom stereocenters. The summed E-state index contributed by atoms with van der Waals surface area (Å²) < 4.78 is 15.0. The van der Waals surface area contributed by atoms with Gasteiger partial charge in [-0.1, -0.05) is 19.6 Å². The Labute approximate surface area is 154 Å². The molecule has 0 unspecified atom stereocenters. The number of H-pyrrole nitrogens is 1. The molecule has 3 rings (SSSR count). The average Bonchev–Trinajstić information content (AvgIpc) is 3.00. The fourth-order valence-corrected chi connectivity index (χ4v) is 4.12. The lowest BCUT2D eigenvalue weighted by molar-refractivity contribution is 0.631. The zero-order valence-electron chi connectivity index (χ0n) is 13.6. The number of hydrogen-bond donors (Lipinski definition) is 2. The summed E-state index contributed by atoms with van der Waals surface area (Å²) in [5.74, 6) is -0.303. The quantitative estimate of drug-likeness (QED) is 0.465. The highest BCUT2D eigenvalue weighted by Crippen LogP contribution is 2.29. The van der Waals surface area contributed by atoms with Crippen molar-refractivity contribution in [2.45, 2.75) is 19.6 Å². The van der Waals surface area contributed by atoms with Crippen LogP contribution in [0.1, 0.15) is 0 Å². The van der Waals surface area contributed by atoms with Gasteiger partial charge in [-0.2, -0.15) is 15.4 Å². The van der Waals surface area contributed by atoms with Gasteiger partial charge in [-0.15, -0.1) is 0 Å². The van der Waals surface area contributed by atoms with Crippen molar-refractivity contribution in [2.24, 2.45) is 0 Å². The normalized spacial score (nSPS) is 11.5. The van der Waals surface area contributed by atoms with Crippen molar-refractivity contribution in [3.05, 3.63) is 46.0 Å². The van der Waals surface area contributed by atoms with Crippen molar-refractivity contribution in [2.75, 3.05) is 5.32 Å². The topological polar surface area (TPSA) is 66.5 Å². The molecular formula is C16H17FIN5Si. The summed E-state index contributed by atoms with van der Waals surface area (Å²) >= 11 is 2.08. The Bertz CT molecular complexity index is 875. The molecule has 0 aliphatic rings. The van der Waals surface area contributed by atoms with Crippen LogP contribution in [0.5, 0.6) is 0 Å². The standard InChI is InChI=1S/C16H17FIN5Si/c1-24(2,3)16-15(21-23-22-16)11-6-7-19-9-14(11)20-13-5-4-10(18)8-12(13)17/h4-9,20H,1-3H3,(H,21,22,23). The van der Waals surface area contributed by atoms with Gasteiger partial charge >= 0.3 is 0 Å². The average molecular weight is 453 g/mol. The third-order valence-electron chi connectivity index (χ3n) is 3.53. The minimum atomic E-state index is -1.67. The molecule has 8 heteroatoms. The Balaban J connectivity index is 2.05. The van der Waals surface area contributed by atoms with Gasteiger partial charge in [0.25, 0.3) is 0 Å². The molecule has 2 N–H and O–H groups in total. The first-order valence-corrected chi connectivity index (χ1v) is 12.0. The summed E-state index contributed by atoms with van der Waals surface area (Å²) in [6.07, 6.45) is 3.38. The third kappa shape index (κ3) is 3.48. The van der Waals surface area contributed by atoms with Crippen molar-refractivity contribution in [3.8, 4) is 11.3 Å². The zero-order chi connectivity index (χ0) is 17.3. The molecule has 5 nitrogen and oxygen atoms in total. The van der Waals surface area contributed by atoms with Crippen LogP contribution in [-0.2, 0) is 0 Å². The first-order chi connectivity index (χ1) is 11.4. The van der Waals surface area contributed by atoms with Crippen LogP contribution in [0.4, 0.5) is 15.8 Å². The Morgan fingerprint density at radius 2 is 1.92 bits per heavy atom. The molecule has 0 saturated carbocycles. The second-order valence-electron chi connectivity index (χ2n) is 6.44. The first kappa shape index (κ1) is 17.0. The van der Waals surface area contributed by atoms with E-state index in [-0.39, 0.29) is 5.82 Å². The minimum Gasteiger partial charge on any atom is -0.351 e. The molecule has 0 aliphatic heterocycles. The molecule has 0 bridgehead atoms. The molecule has 0 radical (unpaired) electrons. The van der Waals surface area contributed by atoms with Gasteiger partial charge in [0.15, 0.2) is 0 Å². The van der Waals surface area contributed by atoms with E-state index < -0.39 is 8.07 Å². The fourth-order valence-electron chi connectivity index (χ4n) is 2.38. The Morgan fingerprint density at radius 1 is 1.12 bits per heavy atom. The highest BCUT2D eigenvalue weighted by molar-refractivity contribution is 14.1. The molecule has 0 saturated heterocycles. The maximum absolute atomic E-state index is 14.2. The monoisotopic (exact) mass is 453 g/mol. The van der Waals surface area contributed by atoms with Crippen LogP contribution in [0.25, 0.3) is 11.3 Å². The predicted molar refractivity (Wildman–Crippen MR) is 105 cm³/mol. The largest absolute Gasteiger partial charge is 0.351 e. The van der Waals surface area contributed by atoms with Crippen LogP contribution in [0.2, 0.25) is 19.6 Å². The second kappa shape index (κ2) is 6.59. The number of nitrogens with zero attached hydrogens (tertiary/aromatic N) is 3. The van der Waals surface area contributed by atoms with Crippen molar-refractivity contribution in [3.63, 3.8) is 0 Å². The number of pyridine rings is 1. The predicted octanol–water partition coefficient (Wildman–Crippen LogP) is 3.90. The van der Waals surface area contributed by atoms with Gasteiger partial charge in [-0.25, -0.2) is 4.39 Å². The molecule has 0 fully saturated rings. The van der Waals surface area contributed by atoms with Gasteiger partial charge in [0.1, 0.15) is 19.6 Å². The molecule has 1 aromatic carbocycles. The van der Waals surface area contributed by atoms with Crippen LogP contribution in [0, 0.1) is 9.39 Å². The number of aromatic nitrogens is 4. The van der Waals surface area contributed by atoms with E-state index in [1.807, 2.05) is 12.1 Å². The van der Waals surface area contributed by atoms with Crippen molar-refractivity contribution in [1.82, 2.24) is 20.4 Å². The van der Waals surface area contributed by atoms with Gasteiger partial charge in [-0.3, -0.25) is 4.98 Å². The summed E-state index contributed by atoms with van der Waals surface area (Å²) in [7, 11) is -1.67. The smallest absolute Gasteiger partial charge is 0.147 e. The highest BCUT2D eigenvalue weighted by Gasteiger charge is 2.26. The molecule has 0 spiro atoms. The van der Waals surface area contributed by atoms with Crippen LogP contribution >= 0.6 is 22.6 Å². The maximum Gasteiger partial charge on any atom is 0.147 e. The summed E-state index contributed by atoms with van der Waals surface area (Å²) in [4.78, 5) is 4.16. The van der Waals surface area contributed by atoms with E-state index in [9.17, 15) is 4.39 Å². The van der Waals surface area contributed by atoms with Crippen molar-refractivity contribution in [1.29, 1.82) is 0 Å². The number of anilines is 2. The molecule has 3 aromatic rings. The fraction of sp³-hybridized carbons (Fsp3) is 0.188. The summed E-state index contributed by atoms with van der Waals surface area (Å²) in [5.41, 5.74) is 2.76. The van der Waals surface area contributed by atoms with E-state index in [0.29, 0.717) is 11.4 Å². The Hall–Kier alpha value is -1.81. The second-order valence-corrected chi connectivity index (χ2v) is 12.7. The van der Waals surface area contributed by atoms with E-state index >= 15 is 0 Å². The lowest BCUT2D eigenvalue weighted by atomic mass is 10.1. The van der Waals surface area contributed by atoms with Crippen LogP contribution in [0.3, 0.4) is 0 Å². The van der Waals surface area contributed by atoms with E-state index in [2.05, 4.69) is 67.9 Å². The lowest BCUT2D eigenvalue weighted by Gasteiger charge is -2.16. The number of nitrogens with one attached hydrogen (secondary N) is 2. The SMILES string of the molecule is C[Si](C)(C)c1n[nH]nc1-c1ccncc1Nc1ccc(I)cc1F. The zero-order valence-corrected chi connectivity index (χ0v) is 16.7. The molecule has 24 heavy (non-hydrogen) atoms. The minimum absolute atomic E-state index is 0.303.